The van der Waals surface area contributed by atoms with E-state index in [1.807, 2.05) is 44.2 Å². The Morgan fingerprint density at radius 3 is 2.69 bits per heavy atom. The molecule has 1 aliphatic rings. The summed E-state index contributed by atoms with van der Waals surface area (Å²) < 4.78 is 5.65. The van der Waals surface area contributed by atoms with Gasteiger partial charge in [0, 0.05) is 25.4 Å². The molecule has 1 aliphatic heterocycles. The van der Waals surface area contributed by atoms with Gasteiger partial charge in [-0.05, 0) is 30.5 Å². The first-order chi connectivity index (χ1) is 12.5. The van der Waals surface area contributed by atoms with E-state index in [9.17, 15) is 9.59 Å². The molecule has 1 unspecified atom stereocenters. The Bertz CT molecular complexity index is 760. The Morgan fingerprint density at radius 1 is 1.27 bits per heavy atom. The highest BCUT2D eigenvalue weighted by molar-refractivity contribution is 5.98. The third kappa shape index (κ3) is 4.20. The molecule has 0 radical (unpaired) electrons. The number of nitrogens with one attached hydrogen (secondary N) is 1. The first-order valence-electron chi connectivity index (χ1n) is 8.82. The average molecular weight is 353 g/mol. The van der Waals surface area contributed by atoms with Crippen molar-refractivity contribution in [2.24, 2.45) is 5.92 Å². The number of pyridine rings is 1. The number of hydrogen-bond donors (Lipinski definition) is 1. The van der Waals surface area contributed by atoms with Crippen LogP contribution in [0, 0.1) is 5.92 Å². The number of para-hydroxylation sites is 1. The summed E-state index contributed by atoms with van der Waals surface area (Å²) in [7, 11) is 0. The summed E-state index contributed by atoms with van der Waals surface area (Å²) in [5.74, 6) is 1.16. The van der Waals surface area contributed by atoms with E-state index in [1.165, 1.54) is 6.20 Å². The number of aromatic nitrogens is 1. The van der Waals surface area contributed by atoms with Crippen molar-refractivity contribution in [1.82, 2.24) is 15.2 Å². The Kier molecular flexibility index (Phi) is 5.51. The largest absolute Gasteiger partial charge is 0.439 e. The molecular formula is C20H23N3O3. The average Bonchev–Trinajstić information content (AvgIpc) is 2.64. The molecule has 0 saturated carbocycles. The lowest BCUT2D eigenvalue weighted by atomic mass is 9.99. The SMILES string of the molecule is CC(C)CC1C(=O)NCCN1C(=O)c1ccc(Oc2ccccc2)nc1. The lowest BCUT2D eigenvalue weighted by molar-refractivity contribution is -0.128. The number of piperazine rings is 1. The van der Waals surface area contributed by atoms with E-state index >= 15 is 0 Å². The molecule has 1 atom stereocenters. The number of carbonyl (C=O) groups excluding carboxylic acids is 2. The molecule has 2 amide bonds. The second-order valence-electron chi connectivity index (χ2n) is 6.74. The lowest BCUT2D eigenvalue weighted by Crippen LogP contribution is -2.57. The molecule has 2 aromatic rings. The zero-order valence-corrected chi connectivity index (χ0v) is 15.0. The monoisotopic (exact) mass is 353 g/mol. The van der Waals surface area contributed by atoms with Gasteiger partial charge in [-0.2, -0.15) is 0 Å². The third-order valence-electron chi connectivity index (χ3n) is 4.24. The molecule has 2 heterocycles. The zero-order chi connectivity index (χ0) is 18.5. The summed E-state index contributed by atoms with van der Waals surface area (Å²) >= 11 is 0. The molecule has 1 fully saturated rings. The number of hydrogen-bond acceptors (Lipinski definition) is 4. The summed E-state index contributed by atoms with van der Waals surface area (Å²) in [4.78, 5) is 30.9. The van der Waals surface area contributed by atoms with Gasteiger partial charge in [-0.25, -0.2) is 4.98 Å². The van der Waals surface area contributed by atoms with E-state index in [0.29, 0.717) is 42.6 Å². The molecule has 6 nitrogen and oxygen atoms in total. The van der Waals surface area contributed by atoms with Crippen molar-refractivity contribution in [2.75, 3.05) is 13.1 Å². The summed E-state index contributed by atoms with van der Waals surface area (Å²) in [6, 6.07) is 12.3. The Balaban J connectivity index is 1.73. The fourth-order valence-corrected chi connectivity index (χ4v) is 2.98. The van der Waals surface area contributed by atoms with Crippen molar-refractivity contribution < 1.29 is 14.3 Å². The van der Waals surface area contributed by atoms with Crippen LogP contribution in [0.25, 0.3) is 0 Å². The van der Waals surface area contributed by atoms with Gasteiger partial charge in [0.1, 0.15) is 11.8 Å². The first-order valence-corrected chi connectivity index (χ1v) is 8.82. The molecule has 0 spiro atoms. The quantitative estimate of drug-likeness (QED) is 0.897. The van der Waals surface area contributed by atoms with Crippen LogP contribution in [0.5, 0.6) is 11.6 Å². The van der Waals surface area contributed by atoms with Gasteiger partial charge in [0.15, 0.2) is 0 Å². The minimum Gasteiger partial charge on any atom is -0.439 e. The van der Waals surface area contributed by atoms with Crippen LogP contribution in [0.15, 0.2) is 48.7 Å². The maximum absolute atomic E-state index is 12.9. The molecule has 6 heteroatoms. The molecule has 1 aromatic heterocycles. The molecule has 0 aliphatic carbocycles. The lowest BCUT2D eigenvalue weighted by Gasteiger charge is -2.36. The van der Waals surface area contributed by atoms with Crippen molar-refractivity contribution in [3.05, 3.63) is 54.2 Å². The van der Waals surface area contributed by atoms with E-state index in [0.717, 1.165) is 0 Å². The highest BCUT2D eigenvalue weighted by atomic mass is 16.5. The summed E-state index contributed by atoms with van der Waals surface area (Å²) in [6.07, 6.45) is 2.14. The Labute approximate surface area is 153 Å². The van der Waals surface area contributed by atoms with E-state index in [2.05, 4.69) is 10.3 Å². The van der Waals surface area contributed by atoms with Crippen LogP contribution in [-0.4, -0.2) is 40.8 Å². The smallest absolute Gasteiger partial charge is 0.256 e. The van der Waals surface area contributed by atoms with E-state index < -0.39 is 6.04 Å². The van der Waals surface area contributed by atoms with E-state index in [1.54, 1.807) is 17.0 Å². The molecule has 1 N–H and O–H groups in total. The number of amides is 2. The fourth-order valence-electron chi connectivity index (χ4n) is 2.98. The first kappa shape index (κ1) is 17.9. The van der Waals surface area contributed by atoms with Crippen LogP contribution in [-0.2, 0) is 4.79 Å². The maximum Gasteiger partial charge on any atom is 0.256 e. The number of benzene rings is 1. The van der Waals surface area contributed by atoms with Gasteiger partial charge in [0.05, 0.1) is 5.56 Å². The molecule has 26 heavy (non-hydrogen) atoms. The van der Waals surface area contributed by atoms with Crippen LogP contribution in [0.3, 0.4) is 0 Å². The molecule has 0 bridgehead atoms. The normalized spacial score (nSPS) is 17.1. The number of nitrogens with zero attached hydrogens (tertiary/aromatic N) is 2. The van der Waals surface area contributed by atoms with Crippen LogP contribution in [0.1, 0.15) is 30.6 Å². The highest BCUT2D eigenvalue weighted by Crippen LogP contribution is 2.21. The summed E-state index contributed by atoms with van der Waals surface area (Å²) in [5, 5.41) is 2.84. The van der Waals surface area contributed by atoms with Crippen LogP contribution in [0.2, 0.25) is 0 Å². The van der Waals surface area contributed by atoms with Gasteiger partial charge in [-0.3, -0.25) is 9.59 Å². The predicted octanol–water partition coefficient (Wildman–Crippen LogP) is 2.86. The van der Waals surface area contributed by atoms with Crippen molar-refractivity contribution in [3.63, 3.8) is 0 Å². The van der Waals surface area contributed by atoms with Crippen molar-refractivity contribution in [1.29, 1.82) is 0 Å². The number of carbonyl (C=O) groups is 2. The van der Waals surface area contributed by atoms with Gasteiger partial charge in [-0.15, -0.1) is 0 Å². The van der Waals surface area contributed by atoms with Crippen molar-refractivity contribution in [3.8, 4) is 11.6 Å². The van der Waals surface area contributed by atoms with Crippen LogP contribution < -0.4 is 10.1 Å². The molecule has 1 saturated heterocycles. The van der Waals surface area contributed by atoms with E-state index in [-0.39, 0.29) is 11.8 Å². The minimum atomic E-state index is -0.434. The fraction of sp³-hybridized carbons (Fsp3) is 0.350. The predicted molar refractivity (Wildman–Crippen MR) is 98.0 cm³/mol. The van der Waals surface area contributed by atoms with Gasteiger partial charge >= 0.3 is 0 Å². The second-order valence-corrected chi connectivity index (χ2v) is 6.74. The Hall–Kier alpha value is -2.89. The van der Waals surface area contributed by atoms with Gasteiger partial charge in [0.2, 0.25) is 11.8 Å². The molecule has 3 rings (SSSR count). The van der Waals surface area contributed by atoms with Crippen molar-refractivity contribution >= 4 is 11.8 Å². The Morgan fingerprint density at radius 2 is 2.04 bits per heavy atom. The molecule has 136 valence electrons. The van der Waals surface area contributed by atoms with Gasteiger partial charge in [-0.1, -0.05) is 32.0 Å². The van der Waals surface area contributed by atoms with Gasteiger partial charge < -0.3 is 15.0 Å². The van der Waals surface area contributed by atoms with Gasteiger partial charge in [0.25, 0.3) is 5.91 Å². The summed E-state index contributed by atoms with van der Waals surface area (Å²) in [6.45, 7) is 5.07. The van der Waals surface area contributed by atoms with Crippen molar-refractivity contribution in [2.45, 2.75) is 26.3 Å². The zero-order valence-electron chi connectivity index (χ0n) is 15.0. The topological polar surface area (TPSA) is 71.5 Å². The van der Waals surface area contributed by atoms with Crippen LogP contribution >= 0.6 is 0 Å². The number of ether oxygens (including phenoxy) is 1. The minimum absolute atomic E-state index is 0.0877. The standard InChI is InChI=1S/C20H23N3O3/c1-14(2)12-17-19(24)21-10-11-23(17)20(25)15-8-9-18(22-13-15)26-16-6-4-3-5-7-16/h3-9,13-14,17H,10-12H2,1-2H3,(H,21,24). The third-order valence-corrected chi connectivity index (χ3v) is 4.24. The second kappa shape index (κ2) is 7.99. The van der Waals surface area contributed by atoms with Crippen LogP contribution in [0.4, 0.5) is 0 Å². The highest BCUT2D eigenvalue weighted by Gasteiger charge is 2.33. The summed E-state index contributed by atoms with van der Waals surface area (Å²) in [5.41, 5.74) is 0.453. The maximum atomic E-state index is 12.9. The molecular weight excluding hydrogens is 330 g/mol. The molecule has 1 aromatic carbocycles. The van der Waals surface area contributed by atoms with E-state index in [4.69, 9.17) is 4.74 Å². The number of rotatable bonds is 5.